The Morgan fingerprint density at radius 2 is 1.58 bits per heavy atom. The first-order valence-electron chi connectivity index (χ1n) is 5.17. The monoisotopic (exact) mass is 287 g/mol. The summed E-state index contributed by atoms with van der Waals surface area (Å²) in [5.74, 6) is -0.533. The highest BCUT2D eigenvalue weighted by molar-refractivity contribution is 5.30. The first kappa shape index (κ1) is 15.6. The van der Waals surface area contributed by atoms with Gasteiger partial charge in [0.2, 0.25) is 0 Å². The molecule has 2 nitrogen and oxygen atoms in total. The minimum atomic E-state index is -5.54. The molecule has 0 aliphatic carbocycles. The Morgan fingerprint density at radius 3 is 2.00 bits per heavy atom. The molecular weight excluding hydrogens is 276 g/mol. The van der Waals surface area contributed by atoms with E-state index in [1.54, 1.807) is 6.92 Å². The molecule has 0 saturated heterocycles. The molecule has 0 amide bonds. The Morgan fingerprint density at radius 1 is 1.05 bits per heavy atom. The molecule has 108 valence electrons. The molecule has 0 saturated carbocycles. The largest absolute Gasteiger partial charge is 0.471 e. The zero-order chi connectivity index (χ0) is 14.8. The van der Waals surface area contributed by atoms with E-state index in [1.165, 1.54) is 12.1 Å². The number of rotatable bonds is 3. The standard InChI is InChI=1S/C11H11F6NO/c1-6(18)7-3-2-4-8(5-7)19-9(10(12,13)14)11(15,16)17/h2-6,9H,18H2,1H3. The van der Waals surface area contributed by atoms with E-state index < -0.39 is 30.2 Å². The summed E-state index contributed by atoms with van der Waals surface area (Å²) in [6, 6.07) is 4.29. The first-order chi connectivity index (χ1) is 8.51. The van der Waals surface area contributed by atoms with Crippen molar-refractivity contribution in [1.29, 1.82) is 0 Å². The molecule has 0 bridgehead atoms. The van der Waals surface area contributed by atoms with Gasteiger partial charge in [0.1, 0.15) is 5.75 Å². The van der Waals surface area contributed by atoms with Gasteiger partial charge in [0.25, 0.3) is 6.10 Å². The fourth-order valence-electron chi connectivity index (χ4n) is 1.33. The third-order valence-electron chi connectivity index (χ3n) is 2.23. The molecule has 8 heteroatoms. The lowest BCUT2D eigenvalue weighted by Crippen LogP contribution is -2.46. The van der Waals surface area contributed by atoms with Crippen LogP contribution in [0.3, 0.4) is 0 Å². The Hall–Kier alpha value is -1.44. The van der Waals surface area contributed by atoms with Crippen molar-refractivity contribution in [3.05, 3.63) is 29.8 Å². The van der Waals surface area contributed by atoms with Crippen molar-refractivity contribution in [2.24, 2.45) is 5.73 Å². The van der Waals surface area contributed by atoms with Crippen LogP contribution in [0.25, 0.3) is 0 Å². The lowest BCUT2D eigenvalue weighted by atomic mass is 10.1. The summed E-state index contributed by atoms with van der Waals surface area (Å²) in [4.78, 5) is 0. The molecule has 1 aromatic carbocycles. The van der Waals surface area contributed by atoms with E-state index in [-0.39, 0.29) is 0 Å². The molecule has 1 aromatic rings. The van der Waals surface area contributed by atoms with Crippen molar-refractivity contribution < 1.29 is 31.1 Å². The van der Waals surface area contributed by atoms with Crippen LogP contribution in [0.5, 0.6) is 5.75 Å². The fourth-order valence-corrected chi connectivity index (χ4v) is 1.33. The van der Waals surface area contributed by atoms with E-state index in [9.17, 15) is 26.3 Å². The zero-order valence-corrected chi connectivity index (χ0v) is 9.72. The summed E-state index contributed by atoms with van der Waals surface area (Å²) in [5, 5.41) is 0. The van der Waals surface area contributed by atoms with E-state index in [2.05, 4.69) is 4.74 Å². The van der Waals surface area contributed by atoms with Crippen LogP contribution in [0, 0.1) is 0 Å². The van der Waals surface area contributed by atoms with Gasteiger partial charge in [-0.1, -0.05) is 12.1 Å². The summed E-state index contributed by atoms with van der Waals surface area (Å²) < 4.78 is 77.8. The predicted octanol–water partition coefficient (Wildman–Crippen LogP) is 3.58. The summed E-state index contributed by atoms with van der Waals surface area (Å²) in [7, 11) is 0. The average Bonchev–Trinajstić information content (AvgIpc) is 2.23. The van der Waals surface area contributed by atoms with Gasteiger partial charge in [0, 0.05) is 6.04 Å². The van der Waals surface area contributed by atoms with Crippen molar-refractivity contribution in [3.8, 4) is 5.75 Å². The smallest absolute Gasteiger partial charge is 0.434 e. The SMILES string of the molecule is CC(N)c1cccc(OC(C(F)(F)F)C(F)(F)F)c1. The average molecular weight is 287 g/mol. The number of hydrogen-bond donors (Lipinski definition) is 1. The van der Waals surface area contributed by atoms with Gasteiger partial charge >= 0.3 is 12.4 Å². The van der Waals surface area contributed by atoms with Crippen molar-refractivity contribution in [1.82, 2.24) is 0 Å². The van der Waals surface area contributed by atoms with E-state index in [0.717, 1.165) is 12.1 Å². The Balaban J connectivity index is 3.01. The molecule has 0 aromatic heterocycles. The lowest BCUT2D eigenvalue weighted by Gasteiger charge is -2.24. The second-order valence-corrected chi connectivity index (χ2v) is 3.94. The van der Waals surface area contributed by atoms with Gasteiger partial charge in [-0.2, -0.15) is 26.3 Å². The van der Waals surface area contributed by atoms with E-state index in [4.69, 9.17) is 5.73 Å². The van der Waals surface area contributed by atoms with E-state index >= 15 is 0 Å². The molecule has 1 atom stereocenters. The van der Waals surface area contributed by atoms with Gasteiger partial charge < -0.3 is 10.5 Å². The van der Waals surface area contributed by atoms with Crippen molar-refractivity contribution in [2.45, 2.75) is 31.4 Å². The number of halogens is 6. The van der Waals surface area contributed by atoms with Crippen molar-refractivity contribution >= 4 is 0 Å². The van der Waals surface area contributed by atoms with Crippen LogP contribution in [-0.2, 0) is 0 Å². The summed E-state index contributed by atoms with van der Waals surface area (Å²) in [6.07, 6.45) is -14.9. The number of ether oxygens (including phenoxy) is 1. The van der Waals surface area contributed by atoms with E-state index in [1.807, 2.05) is 0 Å². The highest BCUT2D eigenvalue weighted by atomic mass is 19.4. The van der Waals surface area contributed by atoms with Gasteiger partial charge in [-0.05, 0) is 24.6 Å². The second kappa shape index (κ2) is 5.28. The lowest BCUT2D eigenvalue weighted by molar-refractivity contribution is -0.299. The van der Waals surface area contributed by atoms with Gasteiger partial charge in [-0.15, -0.1) is 0 Å². The third-order valence-corrected chi connectivity index (χ3v) is 2.23. The van der Waals surface area contributed by atoms with Gasteiger partial charge in [0.15, 0.2) is 0 Å². The number of alkyl halides is 6. The number of benzene rings is 1. The molecule has 0 fully saturated rings. The van der Waals surface area contributed by atoms with Crippen LogP contribution in [0.15, 0.2) is 24.3 Å². The Labute approximate surface area is 105 Å². The maximum Gasteiger partial charge on any atom is 0.434 e. The molecule has 0 radical (unpaired) electrons. The molecule has 0 aliphatic heterocycles. The van der Waals surface area contributed by atoms with Gasteiger partial charge in [-0.3, -0.25) is 0 Å². The fraction of sp³-hybridized carbons (Fsp3) is 0.455. The second-order valence-electron chi connectivity index (χ2n) is 3.94. The topological polar surface area (TPSA) is 35.2 Å². The normalized spacial score (nSPS) is 14.6. The number of hydrogen-bond acceptors (Lipinski definition) is 2. The molecule has 0 heterocycles. The summed E-state index contributed by atoms with van der Waals surface area (Å²) in [5.41, 5.74) is 5.86. The van der Waals surface area contributed by atoms with Crippen LogP contribution in [0.2, 0.25) is 0 Å². The summed E-state index contributed by atoms with van der Waals surface area (Å²) >= 11 is 0. The van der Waals surface area contributed by atoms with Crippen LogP contribution in [-0.4, -0.2) is 18.5 Å². The molecule has 0 aliphatic rings. The molecule has 19 heavy (non-hydrogen) atoms. The van der Waals surface area contributed by atoms with Crippen molar-refractivity contribution in [3.63, 3.8) is 0 Å². The Bertz CT molecular complexity index is 412. The minimum absolute atomic E-state index is 0.376. The van der Waals surface area contributed by atoms with Crippen LogP contribution < -0.4 is 10.5 Å². The van der Waals surface area contributed by atoms with E-state index in [0.29, 0.717) is 5.56 Å². The molecular formula is C11H11F6NO. The maximum absolute atomic E-state index is 12.3. The molecule has 1 unspecified atom stereocenters. The molecule has 1 rings (SSSR count). The predicted molar refractivity (Wildman–Crippen MR) is 55.6 cm³/mol. The van der Waals surface area contributed by atoms with Gasteiger partial charge in [0.05, 0.1) is 0 Å². The van der Waals surface area contributed by atoms with Gasteiger partial charge in [-0.25, -0.2) is 0 Å². The first-order valence-corrected chi connectivity index (χ1v) is 5.17. The molecule has 0 spiro atoms. The maximum atomic E-state index is 12.3. The van der Waals surface area contributed by atoms with Crippen molar-refractivity contribution in [2.75, 3.05) is 0 Å². The third kappa shape index (κ3) is 4.30. The highest BCUT2D eigenvalue weighted by Crippen LogP contribution is 2.36. The highest BCUT2D eigenvalue weighted by Gasteiger charge is 2.59. The number of nitrogens with two attached hydrogens (primary N) is 1. The van der Waals surface area contributed by atoms with Crippen LogP contribution in [0.1, 0.15) is 18.5 Å². The zero-order valence-electron chi connectivity index (χ0n) is 9.72. The quantitative estimate of drug-likeness (QED) is 0.862. The Kier molecular flexibility index (Phi) is 4.34. The summed E-state index contributed by atoms with van der Waals surface area (Å²) in [6.45, 7) is 1.55. The minimum Gasteiger partial charge on any atom is -0.471 e. The van der Waals surface area contributed by atoms with Crippen LogP contribution >= 0.6 is 0 Å². The van der Waals surface area contributed by atoms with Crippen LogP contribution in [0.4, 0.5) is 26.3 Å². The molecule has 2 N–H and O–H groups in total.